The van der Waals surface area contributed by atoms with Crippen molar-refractivity contribution >= 4 is 17.8 Å². The van der Waals surface area contributed by atoms with Gasteiger partial charge in [0.05, 0.1) is 0 Å². The molecule has 0 spiro atoms. The lowest BCUT2D eigenvalue weighted by molar-refractivity contribution is -0.160. The van der Waals surface area contributed by atoms with Crippen LogP contribution in [0.25, 0.3) is 0 Å². The van der Waals surface area contributed by atoms with Crippen molar-refractivity contribution in [3.05, 3.63) is 0 Å². The maximum absolute atomic E-state index is 12.0. The molecule has 0 aliphatic carbocycles. The van der Waals surface area contributed by atoms with E-state index >= 15 is 0 Å². The molecule has 158 valence electrons. The molecule has 0 aliphatic heterocycles. The Balaban J connectivity index is 3.97. The van der Waals surface area contributed by atoms with Crippen LogP contribution in [-0.2, 0) is 14.3 Å². The number of unbranched alkanes of at least 4 members (excludes halogenated alkanes) is 7. The minimum Gasteiger partial charge on any atom is -0.458 e. The van der Waals surface area contributed by atoms with Gasteiger partial charge in [-0.3, -0.25) is 20.3 Å². The fraction of sp³-hybridized carbons (Fsp3) is 0.857. The number of ether oxygens (including phenoxy) is 1. The first-order valence-electron chi connectivity index (χ1n) is 10.4. The van der Waals surface area contributed by atoms with Crippen LogP contribution in [0.4, 0.5) is 0 Å². The monoisotopic (exact) mass is 383 g/mol. The van der Waals surface area contributed by atoms with Crippen molar-refractivity contribution in [3.63, 3.8) is 0 Å². The predicted octanol–water partition coefficient (Wildman–Crippen LogP) is 4.48. The fourth-order valence-electron chi connectivity index (χ4n) is 2.43. The smallest absolute Gasteiger partial charge is 0.326 e. The van der Waals surface area contributed by atoms with Crippen LogP contribution in [0.3, 0.4) is 0 Å². The topological polar surface area (TPSA) is 82.5 Å². The van der Waals surface area contributed by atoms with Crippen LogP contribution in [0.1, 0.15) is 92.4 Å². The number of guanidine groups is 1. The van der Waals surface area contributed by atoms with Gasteiger partial charge in [0.25, 0.3) is 0 Å². The second-order valence-corrected chi connectivity index (χ2v) is 8.21. The predicted molar refractivity (Wildman–Crippen MR) is 111 cm³/mol. The molecule has 6 nitrogen and oxygen atoms in total. The second kappa shape index (κ2) is 13.6. The lowest BCUT2D eigenvalue weighted by Gasteiger charge is -2.30. The van der Waals surface area contributed by atoms with E-state index in [-0.39, 0.29) is 24.3 Å². The Morgan fingerprint density at radius 2 is 1.56 bits per heavy atom. The van der Waals surface area contributed by atoms with Crippen LogP contribution in [0, 0.1) is 11.3 Å². The normalized spacial score (nSPS) is 11.4. The number of hydrogen-bond donors (Lipinski definition) is 2. The van der Waals surface area contributed by atoms with Crippen molar-refractivity contribution in [2.24, 2.45) is 5.92 Å². The van der Waals surface area contributed by atoms with Crippen molar-refractivity contribution in [2.75, 3.05) is 13.6 Å². The Hall–Kier alpha value is -1.59. The molecule has 0 aromatic heterocycles. The average molecular weight is 384 g/mol. The lowest BCUT2D eigenvalue weighted by atomic mass is 9.95. The van der Waals surface area contributed by atoms with Gasteiger partial charge in [-0.15, -0.1) is 0 Å². The summed E-state index contributed by atoms with van der Waals surface area (Å²) >= 11 is 0. The summed E-state index contributed by atoms with van der Waals surface area (Å²) in [6, 6.07) is 0. The van der Waals surface area contributed by atoms with Crippen LogP contribution in [0.2, 0.25) is 0 Å². The van der Waals surface area contributed by atoms with Crippen molar-refractivity contribution in [1.82, 2.24) is 10.2 Å². The summed E-state index contributed by atoms with van der Waals surface area (Å²) < 4.78 is 5.46. The standard InChI is InChI=1S/C21H41N3O3/c1-7-8-9-10-11-12-13-14-15-18(25)23-20(22)24(6)16-19(26)27-21(4,5)17(2)3/h17H,7-16H2,1-6H3,(H2,22,23,25). The molecule has 0 aromatic carbocycles. The van der Waals surface area contributed by atoms with Crippen LogP contribution < -0.4 is 5.32 Å². The third kappa shape index (κ3) is 12.4. The Bertz CT molecular complexity index is 462. The molecule has 0 aromatic rings. The number of rotatable bonds is 13. The van der Waals surface area contributed by atoms with Crippen molar-refractivity contribution < 1.29 is 14.3 Å². The van der Waals surface area contributed by atoms with Gasteiger partial charge < -0.3 is 9.64 Å². The summed E-state index contributed by atoms with van der Waals surface area (Å²) in [7, 11) is 1.60. The molecule has 0 radical (unpaired) electrons. The molecular formula is C21H41N3O3. The van der Waals surface area contributed by atoms with Gasteiger partial charge in [-0.05, 0) is 26.2 Å². The summed E-state index contributed by atoms with van der Waals surface area (Å²) in [5, 5.41) is 10.5. The van der Waals surface area contributed by atoms with Gasteiger partial charge in [0.15, 0.2) is 5.96 Å². The van der Waals surface area contributed by atoms with E-state index in [1.165, 1.54) is 37.0 Å². The van der Waals surface area contributed by atoms with E-state index in [0.717, 1.165) is 19.3 Å². The van der Waals surface area contributed by atoms with Gasteiger partial charge in [0, 0.05) is 13.5 Å². The molecule has 0 bridgehead atoms. The summed E-state index contributed by atoms with van der Waals surface area (Å²) in [6.07, 6.45) is 9.82. The van der Waals surface area contributed by atoms with E-state index in [9.17, 15) is 9.59 Å². The van der Waals surface area contributed by atoms with Gasteiger partial charge in [-0.1, -0.05) is 65.7 Å². The minimum atomic E-state index is -0.556. The Morgan fingerprint density at radius 1 is 1.04 bits per heavy atom. The molecule has 0 fully saturated rings. The third-order valence-electron chi connectivity index (χ3n) is 5.03. The number of nitrogens with one attached hydrogen (secondary N) is 2. The highest BCUT2D eigenvalue weighted by molar-refractivity contribution is 5.96. The first-order chi connectivity index (χ1) is 12.6. The summed E-state index contributed by atoms with van der Waals surface area (Å²) in [6.45, 7) is 9.86. The summed E-state index contributed by atoms with van der Waals surface area (Å²) in [5.74, 6) is -0.455. The largest absolute Gasteiger partial charge is 0.458 e. The third-order valence-corrected chi connectivity index (χ3v) is 5.03. The Morgan fingerprint density at radius 3 is 2.07 bits per heavy atom. The maximum atomic E-state index is 12.0. The molecule has 0 heterocycles. The number of hydrogen-bond acceptors (Lipinski definition) is 4. The first-order valence-corrected chi connectivity index (χ1v) is 10.4. The number of nitrogens with zero attached hydrogens (tertiary/aromatic N) is 1. The quantitative estimate of drug-likeness (QED) is 0.213. The van der Waals surface area contributed by atoms with Gasteiger partial charge in [-0.25, -0.2) is 0 Å². The number of esters is 1. The van der Waals surface area contributed by atoms with E-state index in [2.05, 4.69) is 12.2 Å². The average Bonchev–Trinajstić information content (AvgIpc) is 2.56. The highest BCUT2D eigenvalue weighted by Crippen LogP contribution is 2.20. The van der Waals surface area contributed by atoms with Gasteiger partial charge in [0.1, 0.15) is 12.1 Å². The van der Waals surface area contributed by atoms with Crippen molar-refractivity contribution in [2.45, 2.75) is 98.0 Å². The second-order valence-electron chi connectivity index (χ2n) is 8.21. The van der Waals surface area contributed by atoms with Crippen molar-refractivity contribution in [1.29, 1.82) is 5.41 Å². The summed E-state index contributed by atoms with van der Waals surface area (Å²) in [4.78, 5) is 25.4. The number of amides is 1. The van der Waals surface area contributed by atoms with E-state index in [4.69, 9.17) is 10.1 Å². The molecular weight excluding hydrogens is 342 g/mol. The zero-order valence-electron chi connectivity index (χ0n) is 18.3. The fourth-order valence-corrected chi connectivity index (χ4v) is 2.43. The van der Waals surface area contributed by atoms with E-state index in [1.807, 2.05) is 27.7 Å². The Kier molecular flexibility index (Phi) is 12.8. The summed E-state index contributed by atoms with van der Waals surface area (Å²) in [5.41, 5.74) is -0.556. The number of carbonyl (C=O) groups excluding carboxylic acids is 2. The molecule has 0 unspecified atom stereocenters. The maximum Gasteiger partial charge on any atom is 0.326 e. The molecule has 0 aliphatic rings. The van der Waals surface area contributed by atoms with Gasteiger partial charge in [0.2, 0.25) is 5.91 Å². The molecule has 27 heavy (non-hydrogen) atoms. The highest BCUT2D eigenvalue weighted by atomic mass is 16.6. The van der Waals surface area contributed by atoms with E-state index in [0.29, 0.717) is 6.42 Å². The molecule has 0 saturated heterocycles. The molecule has 2 N–H and O–H groups in total. The van der Waals surface area contributed by atoms with E-state index < -0.39 is 11.6 Å². The Labute approximate surface area is 165 Å². The van der Waals surface area contributed by atoms with Gasteiger partial charge in [-0.2, -0.15) is 0 Å². The van der Waals surface area contributed by atoms with Crippen LogP contribution in [0.15, 0.2) is 0 Å². The number of likely N-dealkylation sites (N-methyl/N-ethyl adjacent to an activating group) is 1. The lowest BCUT2D eigenvalue weighted by Crippen LogP contribution is -2.45. The van der Waals surface area contributed by atoms with Crippen molar-refractivity contribution in [3.8, 4) is 0 Å². The number of carbonyl (C=O) groups is 2. The van der Waals surface area contributed by atoms with Gasteiger partial charge >= 0.3 is 5.97 Å². The molecule has 0 atom stereocenters. The van der Waals surface area contributed by atoms with Crippen LogP contribution >= 0.6 is 0 Å². The zero-order chi connectivity index (χ0) is 20.9. The molecule has 6 heteroatoms. The highest BCUT2D eigenvalue weighted by Gasteiger charge is 2.27. The SMILES string of the molecule is CCCCCCCCCCC(=O)NC(=N)N(C)CC(=O)OC(C)(C)C(C)C. The zero-order valence-corrected chi connectivity index (χ0v) is 18.3. The van der Waals surface area contributed by atoms with Crippen LogP contribution in [0.5, 0.6) is 0 Å². The van der Waals surface area contributed by atoms with E-state index in [1.54, 1.807) is 7.05 Å². The molecule has 0 saturated carbocycles. The molecule has 0 rings (SSSR count). The molecule has 1 amide bonds. The minimum absolute atomic E-state index is 0.0625. The first kappa shape index (κ1) is 25.4. The van der Waals surface area contributed by atoms with Crippen LogP contribution in [-0.4, -0.2) is 41.9 Å².